The summed E-state index contributed by atoms with van der Waals surface area (Å²) in [4.78, 5) is 7.08. The molecular weight excluding hydrogens is 489 g/mol. The second-order valence-corrected chi connectivity index (χ2v) is 10.3. The average molecular weight is 519 g/mol. The molecule has 1 aliphatic carbocycles. The fourth-order valence-electron chi connectivity index (χ4n) is 5.33. The van der Waals surface area contributed by atoms with Crippen molar-refractivity contribution in [3.63, 3.8) is 0 Å². The first-order chi connectivity index (χ1) is 17.3. The number of halogens is 4. The molecule has 0 radical (unpaired) electrons. The molecule has 36 heavy (non-hydrogen) atoms. The number of piperidine rings is 1. The van der Waals surface area contributed by atoms with Crippen molar-refractivity contribution in [2.45, 2.75) is 56.2 Å². The van der Waals surface area contributed by atoms with Crippen LogP contribution in [0.15, 0.2) is 53.1 Å². The van der Waals surface area contributed by atoms with Crippen molar-refractivity contribution >= 4 is 11.6 Å². The van der Waals surface area contributed by atoms with Gasteiger partial charge in [0, 0.05) is 18.1 Å². The normalized spacial score (nSPS) is 18.8. The molecule has 2 aliphatic rings. The van der Waals surface area contributed by atoms with Crippen molar-refractivity contribution in [3.05, 3.63) is 82.0 Å². The molecule has 0 atom stereocenters. The molecule has 0 unspecified atom stereocenters. The summed E-state index contributed by atoms with van der Waals surface area (Å²) in [7, 11) is 0. The van der Waals surface area contributed by atoms with Gasteiger partial charge in [-0.15, -0.1) is 0 Å². The Morgan fingerprint density at radius 2 is 1.72 bits per heavy atom. The second-order valence-electron chi connectivity index (χ2n) is 9.87. The van der Waals surface area contributed by atoms with Crippen LogP contribution in [0.25, 0.3) is 0 Å². The minimum absolute atomic E-state index is 0.177. The lowest BCUT2D eigenvalue weighted by molar-refractivity contribution is -0.137. The van der Waals surface area contributed by atoms with Gasteiger partial charge in [-0.05, 0) is 80.1 Å². The van der Waals surface area contributed by atoms with E-state index < -0.39 is 11.7 Å². The van der Waals surface area contributed by atoms with Crippen LogP contribution in [0.2, 0.25) is 5.02 Å². The maximum Gasteiger partial charge on any atom is 0.416 e. The maximum atomic E-state index is 12.8. The number of benzene rings is 2. The van der Waals surface area contributed by atoms with Gasteiger partial charge in [0.1, 0.15) is 0 Å². The topological polar surface area (TPSA) is 54.2 Å². The van der Waals surface area contributed by atoms with Gasteiger partial charge in [-0.25, -0.2) is 0 Å². The van der Waals surface area contributed by atoms with Gasteiger partial charge >= 0.3 is 6.18 Å². The fourth-order valence-corrected chi connectivity index (χ4v) is 5.45. The first-order valence-corrected chi connectivity index (χ1v) is 12.9. The van der Waals surface area contributed by atoms with E-state index in [1.807, 2.05) is 12.1 Å². The molecule has 0 amide bonds. The number of aromatic nitrogens is 2. The number of nitrogens with zero attached hydrogens (tertiary/aromatic N) is 3. The summed E-state index contributed by atoms with van der Waals surface area (Å²) in [5, 5.41) is 8.42. The third kappa shape index (κ3) is 5.45. The summed E-state index contributed by atoms with van der Waals surface area (Å²) in [6, 6.07) is 13.6. The smallest absolute Gasteiger partial charge is 0.338 e. The van der Waals surface area contributed by atoms with Crippen LogP contribution in [0.4, 0.5) is 13.2 Å². The summed E-state index contributed by atoms with van der Waals surface area (Å²) >= 11 is 6.06. The van der Waals surface area contributed by atoms with Crippen molar-refractivity contribution < 1.29 is 17.7 Å². The van der Waals surface area contributed by atoms with Gasteiger partial charge in [-0.1, -0.05) is 47.4 Å². The Morgan fingerprint density at radius 3 is 2.33 bits per heavy atom. The van der Waals surface area contributed by atoms with Crippen LogP contribution < -0.4 is 5.32 Å². The van der Waals surface area contributed by atoms with E-state index in [9.17, 15) is 13.2 Å². The second kappa shape index (κ2) is 10.5. The summed E-state index contributed by atoms with van der Waals surface area (Å²) in [5.41, 5.74) is 1.41. The van der Waals surface area contributed by atoms with E-state index in [2.05, 4.69) is 27.5 Å². The quantitative estimate of drug-likeness (QED) is 0.361. The lowest BCUT2D eigenvalue weighted by Crippen LogP contribution is -2.37. The molecule has 1 saturated heterocycles. The van der Waals surface area contributed by atoms with Crippen molar-refractivity contribution in [2.75, 3.05) is 26.2 Å². The highest BCUT2D eigenvalue weighted by Gasteiger charge is 2.44. The van der Waals surface area contributed by atoms with Crippen LogP contribution in [-0.4, -0.2) is 41.2 Å². The van der Waals surface area contributed by atoms with Gasteiger partial charge in [-0.2, -0.15) is 18.2 Å². The maximum absolute atomic E-state index is 12.8. The fraction of sp³-hybridized carbons (Fsp3) is 0.481. The summed E-state index contributed by atoms with van der Waals surface area (Å²) in [6.45, 7) is 4.08. The van der Waals surface area contributed by atoms with Gasteiger partial charge in [0.15, 0.2) is 5.82 Å². The van der Waals surface area contributed by atoms with E-state index in [1.54, 1.807) is 12.1 Å². The molecule has 9 heteroatoms. The molecule has 1 saturated carbocycles. The van der Waals surface area contributed by atoms with Gasteiger partial charge in [-0.3, -0.25) is 0 Å². The number of rotatable bonds is 8. The zero-order chi connectivity index (χ0) is 25.2. The zero-order valence-electron chi connectivity index (χ0n) is 20.0. The Hall–Kier alpha value is -2.42. The SMILES string of the molecule is FC(F)(F)c1ccc(C2CCN(CCNCc3nc(C4(c5ccc(Cl)cc5)CCC4)no3)CC2)cc1. The largest absolute Gasteiger partial charge is 0.416 e. The predicted molar refractivity (Wildman–Crippen MR) is 132 cm³/mol. The molecule has 192 valence electrons. The number of nitrogens with one attached hydrogen (secondary N) is 1. The Balaban J connectivity index is 1.06. The first kappa shape index (κ1) is 25.2. The van der Waals surface area contributed by atoms with E-state index in [1.165, 1.54) is 17.7 Å². The molecule has 2 fully saturated rings. The average Bonchev–Trinajstić information content (AvgIpc) is 3.31. The van der Waals surface area contributed by atoms with E-state index in [-0.39, 0.29) is 5.41 Å². The molecule has 1 aromatic heterocycles. The highest BCUT2D eigenvalue weighted by Crippen LogP contribution is 2.47. The predicted octanol–water partition coefficient (Wildman–Crippen LogP) is 6.18. The number of likely N-dealkylation sites (tertiary alicyclic amines) is 1. The van der Waals surface area contributed by atoms with Gasteiger partial charge in [0.25, 0.3) is 0 Å². The number of hydrogen-bond acceptors (Lipinski definition) is 5. The molecule has 0 bridgehead atoms. The lowest BCUT2D eigenvalue weighted by Gasteiger charge is -2.39. The van der Waals surface area contributed by atoms with Crippen LogP contribution in [0, 0.1) is 0 Å². The molecule has 2 heterocycles. The van der Waals surface area contributed by atoms with Crippen molar-refractivity contribution in [1.29, 1.82) is 0 Å². The molecule has 0 spiro atoms. The van der Waals surface area contributed by atoms with Crippen LogP contribution in [0.1, 0.15) is 66.4 Å². The van der Waals surface area contributed by atoms with E-state index in [0.29, 0.717) is 18.4 Å². The molecule has 1 N–H and O–H groups in total. The monoisotopic (exact) mass is 518 g/mol. The number of alkyl halides is 3. The molecule has 1 aliphatic heterocycles. The van der Waals surface area contributed by atoms with Crippen molar-refractivity contribution in [1.82, 2.24) is 20.4 Å². The van der Waals surface area contributed by atoms with Gasteiger partial charge < -0.3 is 14.7 Å². The van der Waals surface area contributed by atoms with Crippen LogP contribution in [-0.2, 0) is 18.1 Å². The summed E-state index contributed by atoms with van der Waals surface area (Å²) < 4.78 is 43.9. The molecule has 5 rings (SSSR count). The Morgan fingerprint density at radius 1 is 1.03 bits per heavy atom. The standard InChI is InChI=1S/C27H30ClF3N4O/c28-23-8-6-21(7-9-23)26(12-1-13-26)25-33-24(36-34-25)18-32-14-17-35-15-10-20(11-16-35)19-2-4-22(5-3-19)27(29,30)31/h2-9,20,32H,1,10-18H2. The van der Waals surface area contributed by atoms with Crippen molar-refractivity contribution in [2.24, 2.45) is 0 Å². The Kier molecular flexibility index (Phi) is 7.37. The minimum Gasteiger partial charge on any atom is -0.338 e. The van der Waals surface area contributed by atoms with Gasteiger partial charge in [0.05, 0.1) is 17.5 Å². The highest BCUT2D eigenvalue weighted by atomic mass is 35.5. The molecule has 2 aromatic carbocycles. The Labute approximate surface area is 214 Å². The molecule has 3 aromatic rings. The van der Waals surface area contributed by atoms with Crippen molar-refractivity contribution in [3.8, 4) is 0 Å². The van der Waals surface area contributed by atoms with Gasteiger partial charge in [0.2, 0.25) is 5.89 Å². The summed E-state index contributed by atoms with van der Waals surface area (Å²) in [6.07, 6.45) is 0.760. The Bertz CT molecular complexity index is 1140. The van der Waals surface area contributed by atoms with E-state index in [0.717, 1.165) is 74.7 Å². The third-order valence-corrected chi connectivity index (χ3v) is 7.93. The molecule has 5 nitrogen and oxygen atoms in total. The number of hydrogen-bond donors (Lipinski definition) is 1. The summed E-state index contributed by atoms with van der Waals surface area (Å²) in [5.74, 6) is 1.65. The van der Waals surface area contributed by atoms with Crippen LogP contribution >= 0.6 is 11.6 Å². The van der Waals surface area contributed by atoms with E-state index in [4.69, 9.17) is 21.1 Å². The molecular formula is C27H30ClF3N4O. The van der Waals surface area contributed by atoms with E-state index >= 15 is 0 Å². The van der Waals surface area contributed by atoms with Crippen LogP contribution in [0.3, 0.4) is 0 Å². The highest BCUT2D eigenvalue weighted by molar-refractivity contribution is 6.30. The lowest BCUT2D eigenvalue weighted by atomic mass is 9.64. The first-order valence-electron chi connectivity index (χ1n) is 12.5. The van der Waals surface area contributed by atoms with Crippen LogP contribution in [0.5, 0.6) is 0 Å². The third-order valence-electron chi connectivity index (χ3n) is 7.68. The minimum atomic E-state index is -4.28. The zero-order valence-corrected chi connectivity index (χ0v) is 20.8.